The Balaban J connectivity index is 1.05. The van der Waals surface area contributed by atoms with E-state index in [2.05, 4.69) is 25.3 Å². The third-order valence-electron chi connectivity index (χ3n) is 11.9. The smallest absolute Gasteiger partial charge is 0.465 e. The quantitative estimate of drug-likeness (QED) is 0.117. The molecule has 0 bridgehead atoms. The Morgan fingerprint density at radius 2 is 1.66 bits per heavy atom. The molecule has 4 aromatic rings. The Bertz CT molecular complexity index is 2350. The summed E-state index contributed by atoms with van der Waals surface area (Å²) in [5.74, 6) is -3.04. The first-order chi connectivity index (χ1) is 30.3. The molecular weight excluding hydrogens is 841 g/mol. The van der Waals surface area contributed by atoms with Crippen molar-refractivity contribution in [3.63, 3.8) is 0 Å². The maximum Gasteiger partial charge on any atom is 0.573 e. The number of amides is 4. The number of ether oxygens (including phenoxy) is 2. The molecule has 0 aliphatic carbocycles. The Labute approximate surface area is 367 Å². The normalized spacial score (nSPS) is 20.2. The average molecular weight is 893 g/mol. The minimum atomic E-state index is -5.29. The second kappa shape index (κ2) is 18.5. The predicted octanol–water partition coefficient (Wildman–Crippen LogP) is 7.48. The van der Waals surface area contributed by atoms with Gasteiger partial charge in [-0.25, -0.2) is 19.2 Å². The number of nitrogens with zero attached hydrogens (tertiary/aromatic N) is 5. The van der Waals surface area contributed by atoms with E-state index in [1.807, 2.05) is 44.4 Å². The van der Waals surface area contributed by atoms with Gasteiger partial charge in [-0.2, -0.15) is 0 Å². The van der Waals surface area contributed by atoms with Crippen LogP contribution in [-0.2, 0) is 14.3 Å². The van der Waals surface area contributed by atoms with Crippen LogP contribution < -0.4 is 20.3 Å². The Kier molecular flexibility index (Phi) is 13.2. The fraction of sp³-hybridized carbons (Fsp3) is 0.467. The van der Waals surface area contributed by atoms with Gasteiger partial charge < -0.3 is 44.9 Å². The first kappa shape index (κ1) is 45.8. The molecule has 3 aliphatic rings. The van der Waals surface area contributed by atoms with Crippen LogP contribution in [0.2, 0.25) is 0 Å². The molecule has 4 amide bonds. The van der Waals surface area contributed by atoms with E-state index in [4.69, 9.17) is 9.72 Å². The first-order valence-corrected chi connectivity index (χ1v) is 21.2. The molecule has 342 valence electrons. The molecule has 19 heteroatoms. The minimum Gasteiger partial charge on any atom is -0.465 e. The van der Waals surface area contributed by atoms with Gasteiger partial charge in [-0.1, -0.05) is 52.0 Å². The summed E-state index contributed by atoms with van der Waals surface area (Å²) < 4.78 is 66.9. The van der Waals surface area contributed by atoms with Crippen molar-refractivity contribution < 1.29 is 51.3 Å². The number of halogens is 4. The fourth-order valence-electron chi connectivity index (χ4n) is 8.73. The number of pyridine rings is 1. The van der Waals surface area contributed by atoms with Crippen LogP contribution in [0.3, 0.4) is 0 Å². The lowest BCUT2D eigenvalue weighted by molar-refractivity contribution is -0.275. The number of carbonyl (C=O) groups excluding carboxylic acids is 3. The molecule has 0 saturated carbocycles. The molecule has 3 aliphatic heterocycles. The van der Waals surface area contributed by atoms with Crippen molar-refractivity contribution in [3.8, 4) is 28.1 Å². The Hall–Kier alpha value is -6.24. The maximum atomic E-state index is 16.0. The molecule has 2 aromatic carbocycles. The third-order valence-corrected chi connectivity index (χ3v) is 11.9. The van der Waals surface area contributed by atoms with Crippen LogP contribution in [0.4, 0.5) is 33.9 Å². The van der Waals surface area contributed by atoms with Crippen molar-refractivity contribution in [1.82, 2.24) is 30.1 Å². The molecule has 0 unspecified atom stereocenters. The second-order valence-electron chi connectivity index (χ2n) is 17.7. The number of imidazole rings is 1. The predicted molar refractivity (Wildman–Crippen MR) is 228 cm³/mol. The van der Waals surface area contributed by atoms with Gasteiger partial charge in [0.2, 0.25) is 11.8 Å². The van der Waals surface area contributed by atoms with Crippen LogP contribution in [0.25, 0.3) is 22.4 Å². The number of carbonyl (C=O) groups is 4. The summed E-state index contributed by atoms with van der Waals surface area (Å²) in [5, 5.41) is 14.5. The highest BCUT2D eigenvalue weighted by atomic mass is 19.4. The van der Waals surface area contributed by atoms with E-state index in [0.29, 0.717) is 81.6 Å². The van der Waals surface area contributed by atoms with E-state index in [9.17, 15) is 37.5 Å². The average Bonchev–Trinajstić information content (AvgIpc) is 3.90. The highest BCUT2D eigenvalue weighted by Gasteiger charge is 2.42. The molecule has 0 radical (unpaired) electrons. The van der Waals surface area contributed by atoms with Gasteiger partial charge >= 0.3 is 12.5 Å². The SMILES string of the molecule is C[C@H]1C[C@@H](c2nc(-c3ccc(-c4ccc(C(=O)Nc5ccc(N6CCN(C(=O)C(C)(C)C)C[C@H]6C)nc5)c(F)c4OC(F)(F)F)cc3)c[nH]2)N(C(=O)[C@@H](NC(=O)O)C2CCOCC2)C1. The molecule has 15 nitrogen and oxygen atoms in total. The maximum absolute atomic E-state index is 16.0. The van der Waals surface area contributed by atoms with Crippen molar-refractivity contribution in [2.75, 3.05) is 49.6 Å². The van der Waals surface area contributed by atoms with E-state index in [1.54, 1.807) is 35.4 Å². The van der Waals surface area contributed by atoms with E-state index < -0.39 is 53.0 Å². The lowest BCUT2D eigenvalue weighted by Gasteiger charge is -2.42. The third kappa shape index (κ3) is 10.2. The van der Waals surface area contributed by atoms with Crippen LogP contribution in [0, 0.1) is 23.1 Å². The zero-order chi connectivity index (χ0) is 46.1. The summed E-state index contributed by atoms with van der Waals surface area (Å²) in [7, 11) is 0. The Morgan fingerprint density at radius 1 is 0.953 bits per heavy atom. The topological polar surface area (TPSA) is 182 Å². The van der Waals surface area contributed by atoms with Gasteiger partial charge in [0, 0.05) is 68.2 Å². The molecule has 7 rings (SSSR count). The number of aromatic nitrogens is 3. The Morgan fingerprint density at radius 3 is 2.28 bits per heavy atom. The van der Waals surface area contributed by atoms with Crippen molar-refractivity contribution in [2.45, 2.75) is 78.4 Å². The number of hydrogen-bond acceptors (Lipinski definition) is 9. The molecule has 3 saturated heterocycles. The summed E-state index contributed by atoms with van der Waals surface area (Å²) in [6.07, 6.45) is -1.92. The van der Waals surface area contributed by atoms with Gasteiger partial charge in [-0.3, -0.25) is 14.4 Å². The van der Waals surface area contributed by atoms with E-state index in [1.165, 1.54) is 24.4 Å². The highest BCUT2D eigenvalue weighted by Crippen LogP contribution is 2.40. The van der Waals surface area contributed by atoms with E-state index >= 15 is 4.39 Å². The molecular formula is C45H52F4N8O7. The fourth-order valence-corrected chi connectivity index (χ4v) is 8.73. The zero-order valence-corrected chi connectivity index (χ0v) is 36.2. The van der Waals surface area contributed by atoms with Gasteiger partial charge in [-0.15, -0.1) is 13.2 Å². The summed E-state index contributed by atoms with van der Waals surface area (Å²) >= 11 is 0. The van der Waals surface area contributed by atoms with Crippen LogP contribution in [0.5, 0.6) is 5.75 Å². The van der Waals surface area contributed by atoms with Crippen LogP contribution in [0.15, 0.2) is 60.9 Å². The second-order valence-corrected chi connectivity index (χ2v) is 17.7. The van der Waals surface area contributed by atoms with Gasteiger partial charge in [0.05, 0.1) is 29.2 Å². The number of piperazine rings is 1. The molecule has 4 atom stereocenters. The minimum absolute atomic E-state index is 0.0505. The number of hydrogen-bond donors (Lipinski definition) is 4. The number of benzene rings is 2. The number of alkyl halides is 3. The molecule has 2 aromatic heterocycles. The van der Waals surface area contributed by atoms with Crippen LogP contribution >= 0.6 is 0 Å². The van der Waals surface area contributed by atoms with Gasteiger partial charge in [0.25, 0.3) is 5.91 Å². The molecule has 64 heavy (non-hydrogen) atoms. The molecule has 3 fully saturated rings. The van der Waals surface area contributed by atoms with Gasteiger partial charge in [0.15, 0.2) is 11.6 Å². The number of carboxylic acid groups (broad SMARTS) is 1. The number of aromatic amines is 1. The standard InChI is InChI=1S/C45H52F4N8O7/c1-25-20-34(57(23-25)41(59)37(54-43(61)62)29-14-18-63-19-15-29)39-51-22-33(53-39)28-8-6-27(7-9-28)31-11-12-32(36(46)38(31)64-45(47,48)49)40(58)52-30-10-13-35(50-21-30)56-17-16-55(24-26(56)2)42(60)44(3,4)5/h6-13,21-22,25-26,29,34,37,54H,14-20,23-24H2,1-5H3,(H,51,53)(H,52,58)(H,61,62)/t25-,26+,34-,37-/m0/s1. The largest absolute Gasteiger partial charge is 0.573 e. The monoisotopic (exact) mass is 892 g/mol. The summed E-state index contributed by atoms with van der Waals surface area (Å²) in [4.78, 5) is 69.6. The molecule has 5 heterocycles. The van der Waals surface area contributed by atoms with Gasteiger partial charge in [0.1, 0.15) is 17.7 Å². The first-order valence-electron chi connectivity index (χ1n) is 21.2. The summed E-state index contributed by atoms with van der Waals surface area (Å²) in [6, 6.07) is 10.1. The van der Waals surface area contributed by atoms with Crippen LogP contribution in [-0.4, -0.2) is 112 Å². The molecule has 0 spiro atoms. The van der Waals surface area contributed by atoms with Crippen LogP contribution in [0.1, 0.15) is 76.1 Å². The number of rotatable bonds is 10. The van der Waals surface area contributed by atoms with Crippen molar-refractivity contribution in [2.24, 2.45) is 17.3 Å². The molecule has 4 N–H and O–H groups in total. The van der Waals surface area contributed by atoms with Crippen molar-refractivity contribution in [3.05, 3.63) is 78.1 Å². The lowest BCUT2D eigenvalue weighted by Crippen LogP contribution is -2.56. The number of likely N-dealkylation sites (tertiary alicyclic amines) is 1. The summed E-state index contributed by atoms with van der Waals surface area (Å²) in [6.45, 7) is 12.4. The van der Waals surface area contributed by atoms with Gasteiger partial charge in [-0.05, 0) is 67.9 Å². The number of H-pyrrole nitrogens is 1. The number of anilines is 2. The van der Waals surface area contributed by atoms with Crippen molar-refractivity contribution in [1.29, 1.82) is 0 Å². The van der Waals surface area contributed by atoms with Crippen molar-refractivity contribution >= 4 is 35.3 Å². The van der Waals surface area contributed by atoms with E-state index in [0.717, 1.165) is 6.07 Å². The zero-order valence-electron chi connectivity index (χ0n) is 36.2. The van der Waals surface area contributed by atoms with E-state index in [-0.39, 0.29) is 46.5 Å². The number of nitrogens with one attached hydrogen (secondary N) is 3. The lowest BCUT2D eigenvalue weighted by atomic mass is 9.90. The summed E-state index contributed by atoms with van der Waals surface area (Å²) in [5.41, 5.74) is -0.0855. The highest BCUT2D eigenvalue weighted by molar-refractivity contribution is 6.05.